The first-order valence-electron chi connectivity index (χ1n) is 7.99. The van der Waals surface area contributed by atoms with Gasteiger partial charge >= 0.3 is 0 Å². The molecule has 0 radical (unpaired) electrons. The monoisotopic (exact) mass is 296 g/mol. The summed E-state index contributed by atoms with van der Waals surface area (Å²) in [6.07, 6.45) is 4.49. The van der Waals surface area contributed by atoms with E-state index < -0.39 is 0 Å². The maximum absolute atomic E-state index is 12.6. The SMILES string of the molecule is CC1Oc2ccccc2C1NC(=O)c1cc2c([nH]1)CCCC2. The number of fused-ring (bicyclic) bond motifs is 2. The lowest BCUT2D eigenvalue weighted by Gasteiger charge is -2.16. The number of hydrogen-bond donors (Lipinski definition) is 2. The van der Waals surface area contributed by atoms with Gasteiger partial charge in [-0.05, 0) is 50.3 Å². The molecule has 2 aliphatic rings. The Morgan fingerprint density at radius 2 is 2.09 bits per heavy atom. The molecule has 114 valence electrons. The first-order valence-corrected chi connectivity index (χ1v) is 7.99. The van der Waals surface area contributed by atoms with Crippen molar-refractivity contribution < 1.29 is 9.53 Å². The fourth-order valence-electron chi connectivity index (χ4n) is 3.51. The van der Waals surface area contributed by atoms with Gasteiger partial charge in [-0.15, -0.1) is 0 Å². The van der Waals surface area contributed by atoms with Crippen LogP contribution in [0.1, 0.15) is 53.1 Å². The number of para-hydroxylation sites is 1. The molecule has 2 heterocycles. The first-order chi connectivity index (χ1) is 10.7. The van der Waals surface area contributed by atoms with E-state index in [4.69, 9.17) is 4.74 Å². The molecule has 22 heavy (non-hydrogen) atoms. The lowest BCUT2D eigenvalue weighted by molar-refractivity contribution is 0.0903. The van der Waals surface area contributed by atoms with E-state index in [0.29, 0.717) is 5.69 Å². The number of carbonyl (C=O) groups is 1. The van der Waals surface area contributed by atoms with Gasteiger partial charge in [0.2, 0.25) is 0 Å². The number of aryl methyl sites for hydroxylation is 2. The van der Waals surface area contributed by atoms with E-state index in [-0.39, 0.29) is 18.1 Å². The molecule has 2 aromatic rings. The molecule has 4 heteroatoms. The zero-order valence-electron chi connectivity index (χ0n) is 12.7. The summed E-state index contributed by atoms with van der Waals surface area (Å²) in [6, 6.07) is 9.82. The Hall–Kier alpha value is -2.23. The average molecular weight is 296 g/mol. The van der Waals surface area contributed by atoms with E-state index in [0.717, 1.165) is 24.2 Å². The number of aromatic amines is 1. The predicted molar refractivity (Wildman–Crippen MR) is 84.2 cm³/mol. The van der Waals surface area contributed by atoms with Crippen molar-refractivity contribution >= 4 is 5.91 Å². The largest absolute Gasteiger partial charge is 0.488 e. The van der Waals surface area contributed by atoms with E-state index in [9.17, 15) is 4.79 Å². The van der Waals surface area contributed by atoms with Crippen LogP contribution in [0.3, 0.4) is 0 Å². The molecule has 1 aliphatic carbocycles. The Balaban J connectivity index is 1.56. The van der Waals surface area contributed by atoms with Gasteiger partial charge in [0.05, 0.1) is 6.04 Å². The van der Waals surface area contributed by atoms with Gasteiger partial charge in [-0.25, -0.2) is 0 Å². The van der Waals surface area contributed by atoms with Crippen molar-refractivity contribution in [2.75, 3.05) is 0 Å². The second-order valence-electron chi connectivity index (χ2n) is 6.21. The molecule has 0 spiro atoms. The summed E-state index contributed by atoms with van der Waals surface area (Å²) in [4.78, 5) is 15.9. The number of amides is 1. The van der Waals surface area contributed by atoms with E-state index in [1.165, 1.54) is 24.1 Å². The molecule has 4 rings (SSSR count). The summed E-state index contributed by atoms with van der Waals surface area (Å²) in [5, 5.41) is 3.12. The van der Waals surface area contributed by atoms with Crippen molar-refractivity contribution in [2.45, 2.75) is 44.8 Å². The van der Waals surface area contributed by atoms with Crippen molar-refractivity contribution in [1.29, 1.82) is 0 Å². The van der Waals surface area contributed by atoms with Crippen LogP contribution in [0.2, 0.25) is 0 Å². The molecule has 1 aliphatic heterocycles. The molecule has 1 aromatic heterocycles. The van der Waals surface area contributed by atoms with Gasteiger partial charge in [0.25, 0.3) is 5.91 Å². The number of nitrogens with one attached hydrogen (secondary N) is 2. The fraction of sp³-hybridized carbons (Fsp3) is 0.389. The van der Waals surface area contributed by atoms with Crippen LogP contribution in [0.4, 0.5) is 0 Å². The van der Waals surface area contributed by atoms with Crippen molar-refractivity contribution in [3.63, 3.8) is 0 Å². The topological polar surface area (TPSA) is 54.1 Å². The number of rotatable bonds is 2. The fourth-order valence-corrected chi connectivity index (χ4v) is 3.51. The summed E-state index contributed by atoms with van der Waals surface area (Å²) >= 11 is 0. The first kappa shape index (κ1) is 13.4. The van der Waals surface area contributed by atoms with Crippen LogP contribution in [0.25, 0.3) is 0 Å². The quantitative estimate of drug-likeness (QED) is 0.894. The van der Waals surface area contributed by atoms with Crippen LogP contribution >= 0.6 is 0 Å². The highest BCUT2D eigenvalue weighted by atomic mass is 16.5. The van der Waals surface area contributed by atoms with Crippen LogP contribution in [0.5, 0.6) is 5.75 Å². The van der Waals surface area contributed by atoms with E-state index in [1.54, 1.807) is 0 Å². The Bertz CT molecular complexity index is 696. The van der Waals surface area contributed by atoms with Crippen LogP contribution in [-0.4, -0.2) is 17.0 Å². The molecule has 0 saturated carbocycles. The smallest absolute Gasteiger partial charge is 0.268 e. The summed E-state index contributed by atoms with van der Waals surface area (Å²) in [6.45, 7) is 1.99. The number of carbonyl (C=O) groups excluding carboxylic acids is 1. The van der Waals surface area contributed by atoms with Gasteiger partial charge < -0.3 is 15.0 Å². The number of ether oxygens (including phenoxy) is 1. The molecule has 0 bridgehead atoms. The average Bonchev–Trinajstić information content (AvgIpc) is 3.09. The Kier molecular flexibility index (Phi) is 3.17. The molecular weight excluding hydrogens is 276 g/mol. The van der Waals surface area contributed by atoms with Crippen LogP contribution in [0, 0.1) is 0 Å². The maximum Gasteiger partial charge on any atom is 0.268 e. The van der Waals surface area contributed by atoms with Crippen LogP contribution in [-0.2, 0) is 12.8 Å². The van der Waals surface area contributed by atoms with Crippen LogP contribution < -0.4 is 10.1 Å². The normalized spacial score (nSPS) is 22.6. The summed E-state index contributed by atoms with van der Waals surface area (Å²) in [5.74, 6) is 0.817. The molecule has 1 aromatic carbocycles. The van der Waals surface area contributed by atoms with Crippen molar-refractivity contribution in [3.8, 4) is 5.75 Å². The molecule has 1 amide bonds. The third-order valence-corrected chi connectivity index (χ3v) is 4.68. The number of hydrogen-bond acceptors (Lipinski definition) is 2. The molecule has 0 saturated heterocycles. The Labute approximate surface area is 129 Å². The second kappa shape index (κ2) is 5.20. The van der Waals surface area contributed by atoms with Crippen molar-refractivity contribution in [3.05, 3.63) is 52.8 Å². The minimum absolute atomic E-state index is 0.0495. The lowest BCUT2D eigenvalue weighted by atomic mass is 9.98. The standard InChI is InChI=1S/C18H20N2O2/c1-11-17(13-7-3-5-9-16(13)22-11)20-18(21)15-10-12-6-2-4-8-14(12)19-15/h3,5,7,9-11,17,19H,2,4,6,8H2,1H3,(H,20,21). The third-order valence-electron chi connectivity index (χ3n) is 4.68. The van der Waals surface area contributed by atoms with Crippen LogP contribution in [0.15, 0.2) is 30.3 Å². The van der Waals surface area contributed by atoms with Gasteiger partial charge in [-0.1, -0.05) is 18.2 Å². The van der Waals surface area contributed by atoms with Crippen molar-refractivity contribution in [1.82, 2.24) is 10.3 Å². The maximum atomic E-state index is 12.6. The Morgan fingerprint density at radius 3 is 2.95 bits per heavy atom. The molecule has 4 nitrogen and oxygen atoms in total. The van der Waals surface area contributed by atoms with Gasteiger partial charge in [-0.2, -0.15) is 0 Å². The zero-order chi connectivity index (χ0) is 15.1. The molecule has 2 N–H and O–H groups in total. The summed E-state index contributed by atoms with van der Waals surface area (Å²) in [7, 11) is 0. The van der Waals surface area contributed by atoms with Gasteiger partial charge in [0, 0.05) is 11.3 Å². The number of H-pyrrole nitrogens is 1. The predicted octanol–water partition coefficient (Wildman–Crippen LogP) is 3.15. The van der Waals surface area contributed by atoms with Gasteiger partial charge in [0.1, 0.15) is 17.5 Å². The summed E-state index contributed by atoms with van der Waals surface area (Å²) in [5.41, 5.74) is 4.25. The molecule has 2 unspecified atom stereocenters. The zero-order valence-corrected chi connectivity index (χ0v) is 12.7. The number of benzene rings is 1. The molecular formula is C18H20N2O2. The van der Waals surface area contributed by atoms with Gasteiger partial charge in [0.15, 0.2) is 0 Å². The van der Waals surface area contributed by atoms with E-state index in [2.05, 4.69) is 10.3 Å². The minimum atomic E-state index is -0.0935. The second-order valence-corrected chi connectivity index (χ2v) is 6.21. The molecule has 0 fully saturated rings. The van der Waals surface area contributed by atoms with Crippen molar-refractivity contribution in [2.24, 2.45) is 0 Å². The Morgan fingerprint density at radius 1 is 1.27 bits per heavy atom. The summed E-state index contributed by atoms with van der Waals surface area (Å²) < 4.78 is 5.81. The third kappa shape index (κ3) is 2.19. The number of aromatic nitrogens is 1. The van der Waals surface area contributed by atoms with Gasteiger partial charge in [-0.3, -0.25) is 4.79 Å². The minimum Gasteiger partial charge on any atom is -0.488 e. The molecule has 2 atom stereocenters. The highest BCUT2D eigenvalue weighted by Gasteiger charge is 2.32. The highest BCUT2D eigenvalue weighted by Crippen LogP contribution is 2.36. The van der Waals surface area contributed by atoms with E-state index >= 15 is 0 Å². The van der Waals surface area contributed by atoms with E-state index in [1.807, 2.05) is 37.3 Å². The highest BCUT2D eigenvalue weighted by molar-refractivity contribution is 5.93. The lowest BCUT2D eigenvalue weighted by Crippen LogP contribution is -2.34.